The number of carbonyl (C=O) groups is 2. The van der Waals surface area contributed by atoms with Crippen molar-refractivity contribution in [2.24, 2.45) is 0 Å². The summed E-state index contributed by atoms with van der Waals surface area (Å²) in [6, 6.07) is 16.5. The zero-order valence-corrected chi connectivity index (χ0v) is 13.3. The molecule has 5 nitrogen and oxygen atoms in total. The molecule has 0 aliphatic carbocycles. The van der Waals surface area contributed by atoms with E-state index in [0.29, 0.717) is 17.8 Å². The largest absolute Gasteiger partial charge is 0.341 e. The molecule has 0 fully saturated rings. The van der Waals surface area contributed by atoms with Gasteiger partial charge in [-0.3, -0.25) is 4.79 Å². The van der Waals surface area contributed by atoms with E-state index in [4.69, 9.17) is 0 Å². The average molecular weight is 311 g/mol. The Morgan fingerprint density at radius 3 is 2.22 bits per heavy atom. The topological polar surface area (TPSA) is 70.2 Å². The lowest BCUT2D eigenvalue weighted by Crippen LogP contribution is -2.24. The van der Waals surface area contributed by atoms with E-state index < -0.39 is 0 Å². The maximum atomic E-state index is 12.5. The number of benzene rings is 2. The third-order valence-corrected chi connectivity index (χ3v) is 3.54. The van der Waals surface area contributed by atoms with Crippen LogP contribution >= 0.6 is 0 Å². The van der Waals surface area contributed by atoms with E-state index in [2.05, 4.69) is 16.0 Å². The van der Waals surface area contributed by atoms with Gasteiger partial charge in [-0.25, -0.2) is 4.79 Å². The van der Waals surface area contributed by atoms with Gasteiger partial charge in [-0.2, -0.15) is 0 Å². The second-order valence-corrected chi connectivity index (χ2v) is 5.15. The number of rotatable bonds is 5. The highest BCUT2D eigenvalue weighted by Gasteiger charge is 2.18. The Morgan fingerprint density at radius 2 is 1.61 bits per heavy atom. The van der Waals surface area contributed by atoms with Crippen LogP contribution in [0.1, 0.15) is 24.8 Å². The lowest BCUT2D eigenvalue weighted by molar-refractivity contribution is -0.117. The van der Waals surface area contributed by atoms with Crippen molar-refractivity contribution in [1.82, 2.24) is 5.32 Å². The van der Waals surface area contributed by atoms with Crippen LogP contribution in [0.2, 0.25) is 0 Å². The fourth-order valence-electron chi connectivity index (χ4n) is 2.36. The lowest BCUT2D eigenvalue weighted by Gasteiger charge is -2.16. The van der Waals surface area contributed by atoms with Crippen LogP contribution < -0.4 is 16.0 Å². The van der Waals surface area contributed by atoms with Gasteiger partial charge < -0.3 is 16.0 Å². The number of carbonyl (C=O) groups excluding carboxylic acids is 2. The highest BCUT2D eigenvalue weighted by Crippen LogP contribution is 2.22. The summed E-state index contributed by atoms with van der Waals surface area (Å²) in [6.07, 6.45) is 0.714. The van der Waals surface area contributed by atoms with Gasteiger partial charge in [0.25, 0.3) is 0 Å². The Kier molecular flexibility index (Phi) is 5.74. The van der Waals surface area contributed by atoms with E-state index in [1.54, 1.807) is 31.3 Å². The molecule has 120 valence electrons. The van der Waals surface area contributed by atoms with Crippen LogP contribution in [0.25, 0.3) is 0 Å². The number of hydrogen-bond donors (Lipinski definition) is 3. The van der Waals surface area contributed by atoms with E-state index in [-0.39, 0.29) is 17.9 Å². The molecule has 0 radical (unpaired) electrons. The Morgan fingerprint density at radius 1 is 0.957 bits per heavy atom. The summed E-state index contributed by atoms with van der Waals surface area (Å²) in [5.74, 6) is -0.262. The van der Waals surface area contributed by atoms with Gasteiger partial charge in [0.2, 0.25) is 5.91 Å². The molecule has 0 spiro atoms. The molecule has 2 aromatic rings. The predicted molar refractivity (Wildman–Crippen MR) is 92.6 cm³/mol. The first-order chi connectivity index (χ1) is 11.1. The first-order valence-corrected chi connectivity index (χ1v) is 7.58. The van der Waals surface area contributed by atoms with Gasteiger partial charge in [-0.05, 0) is 30.2 Å². The zero-order valence-electron chi connectivity index (χ0n) is 13.3. The molecule has 23 heavy (non-hydrogen) atoms. The van der Waals surface area contributed by atoms with Crippen LogP contribution in [0.5, 0.6) is 0 Å². The SMILES string of the molecule is CCC(C(=O)Nc1cccc(NC(=O)NC)c1)c1ccccc1. The molecule has 0 aliphatic rings. The van der Waals surface area contributed by atoms with E-state index in [1.165, 1.54) is 0 Å². The molecular weight excluding hydrogens is 290 g/mol. The third kappa shape index (κ3) is 4.57. The number of urea groups is 1. The number of anilines is 2. The summed E-state index contributed by atoms with van der Waals surface area (Å²) in [7, 11) is 1.55. The molecular formula is C18H21N3O2. The fraction of sp³-hybridized carbons (Fsp3) is 0.222. The van der Waals surface area contributed by atoms with Crippen molar-refractivity contribution >= 4 is 23.3 Å². The maximum absolute atomic E-state index is 12.5. The van der Waals surface area contributed by atoms with E-state index in [0.717, 1.165) is 5.56 Å². The average Bonchev–Trinajstić information content (AvgIpc) is 2.56. The standard InChI is InChI=1S/C18H21N3O2/c1-3-16(13-8-5-4-6-9-13)17(22)20-14-10-7-11-15(12-14)21-18(23)19-2/h4-12,16H,3H2,1-2H3,(H,20,22)(H2,19,21,23). The van der Waals surface area contributed by atoms with Gasteiger partial charge >= 0.3 is 6.03 Å². The lowest BCUT2D eigenvalue weighted by atomic mass is 9.95. The quantitative estimate of drug-likeness (QED) is 0.790. The third-order valence-electron chi connectivity index (χ3n) is 3.54. The zero-order chi connectivity index (χ0) is 16.7. The second-order valence-electron chi connectivity index (χ2n) is 5.15. The van der Waals surface area contributed by atoms with Gasteiger partial charge in [0, 0.05) is 18.4 Å². The molecule has 2 rings (SSSR count). The highest BCUT2D eigenvalue weighted by atomic mass is 16.2. The number of amides is 3. The molecule has 3 amide bonds. The van der Waals surface area contributed by atoms with Crippen LogP contribution in [0, 0.1) is 0 Å². The summed E-state index contributed by atoms with van der Waals surface area (Å²) in [4.78, 5) is 23.9. The van der Waals surface area contributed by atoms with Crippen LogP contribution in [0.4, 0.5) is 16.2 Å². The molecule has 5 heteroatoms. The molecule has 0 heterocycles. The van der Waals surface area contributed by atoms with Gasteiger partial charge in [-0.15, -0.1) is 0 Å². The van der Waals surface area contributed by atoms with Crippen molar-refractivity contribution < 1.29 is 9.59 Å². The molecule has 0 saturated heterocycles. The predicted octanol–water partition coefficient (Wildman–Crippen LogP) is 3.57. The minimum atomic E-state index is -0.302. The molecule has 0 bridgehead atoms. The van der Waals surface area contributed by atoms with Crippen LogP contribution in [-0.4, -0.2) is 19.0 Å². The van der Waals surface area contributed by atoms with Gasteiger partial charge in [0.15, 0.2) is 0 Å². The number of nitrogens with one attached hydrogen (secondary N) is 3. The van der Waals surface area contributed by atoms with Crippen LogP contribution in [0.3, 0.4) is 0 Å². The first-order valence-electron chi connectivity index (χ1n) is 7.58. The summed E-state index contributed by atoms with van der Waals surface area (Å²) in [5, 5.41) is 8.08. The molecule has 3 N–H and O–H groups in total. The van der Waals surface area contributed by atoms with Crippen LogP contribution in [-0.2, 0) is 4.79 Å². The van der Waals surface area contributed by atoms with E-state index in [9.17, 15) is 9.59 Å². The monoisotopic (exact) mass is 311 g/mol. The van der Waals surface area contributed by atoms with Gasteiger partial charge in [0.1, 0.15) is 0 Å². The summed E-state index contributed by atoms with van der Waals surface area (Å²) in [6.45, 7) is 1.99. The minimum absolute atomic E-state index is 0.0595. The first kappa shape index (κ1) is 16.5. The minimum Gasteiger partial charge on any atom is -0.341 e. The van der Waals surface area contributed by atoms with Crippen LogP contribution in [0.15, 0.2) is 54.6 Å². The van der Waals surface area contributed by atoms with E-state index >= 15 is 0 Å². The van der Waals surface area contributed by atoms with Crippen molar-refractivity contribution in [2.45, 2.75) is 19.3 Å². The smallest absolute Gasteiger partial charge is 0.318 e. The van der Waals surface area contributed by atoms with E-state index in [1.807, 2.05) is 37.3 Å². The normalized spacial score (nSPS) is 11.4. The summed E-state index contributed by atoms with van der Waals surface area (Å²) in [5.41, 5.74) is 2.26. The Balaban J connectivity index is 2.10. The number of hydrogen-bond acceptors (Lipinski definition) is 2. The summed E-state index contributed by atoms with van der Waals surface area (Å²) < 4.78 is 0. The molecule has 0 saturated carbocycles. The van der Waals surface area contributed by atoms with Crippen molar-refractivity contribution in [1.29, 1.82) is 0 Å². The maximum Gasteiger partial charge on any atom is 0.318 e. The second kappa shape index (κ2) is 7.98. The Bertz CT molecular complexity index is 671. The van der Waals surface area contributed by atoms with Crippen molar-refractivity contribution in [3.8, 4) is 0 Å². The van der Waals surface area contributed by atoms with Crippen molar-refractivity contribution in [3.05, 3.63) is 60.2 Å². The fourth-order valence-corrected chi connectivity index (χ4v) is 2.36. The van der Waals surface area contributed by atoms with Gasteiger partial charge in [-0.1, -0.05) is 43.3 Å². The molecule has 1 atom stereocenters. The molecule has 1 unspecified atom stereocenters. The molecule has 0 aromatic heterocycles. The van der Waals surface area contributed by atoms with Gasteiger partial charge in [0.05, 0.1) is 5.92 Å². The molecule has 2 aromatic carbocycles. The Hall–Kier alpha value is -2.82. The van der Waals surface area contributed by atoms with Crippen molar-refractivity contribution in [2.75, 3.05) is 17.7 Å². The highest BCUT2D eigenvalue weighted by molar-refractivity contribution is 5.97. The van der Waals surface area contributed by atoms with Crippen molar-refractivity contribution in [3.63, 3.8) is 0 Å². The Labute approximate surface area is 136 Å². The molecule has 0 aliphatic heterocycles. The summed E-state index contributed by atoms with van der Waals surface area (Å²) >= 11 is 0.